The molecule has 2 aromatic carbocycles. The number of piperazine rings is 1. The van der Waals surface area contributed by atoms with E-state index >= 15 is 0 Å². The number of carbonyl (C=O) groups excluding carboxylic acids is 1. The van der Waals surface area contributed by atoms with Gasteiger partial charge in [-0.1, -0.05) is 5.57 Å². The number of fused-ring (bicyclic) bond motifs is 1. The fourth-order valence-corrected chi connectivity index (χ4v) is 4.69. The Morgan fingerprint density at radius 3 is 2.56 bits per heavy atom. The van der Waals surface area contributed by atoms with E-state index in [0.29, 0.717) is 12.1 Å². The third-order valence-electron chi connectivity index (χ3n) is 5.53. The summed E-state index contributed by atoms with van der Waals surface area (Å²) in [5.74, 6) is 0.0739. The van der Waals surface area contributed by atoms with E-state index in [9.17, 15) is 13.6 Å². The van der Waals surface area contributed by atoms with Crippen molar-refractivity contribution in [2.45, 2.75) is 20.3 Å². The molecule has 0 spiro atoms. The maximum atomic E-state index is 13.8. The first-order chi connectivity index (χ1) is 15.4. The molecule has 1 N–H and O–H groups in total. The second kappa shape index (κ2) is 9.75. The first kappa shape index (κ1) is 22.4. The molecule has 0 bridgehead atoms. The SMILES string of the molecule is CC(C)=CC(=O)Nc1ccc(F)cc1CCN1CCN(c2nsc3ccc(F)cc23)CC1. The number of amides is 1. The number of rotatable bonds is 6. The largest absolute Gasteiger partial charge is 0.353 e. The average molecular weight is 457 g/mol. The number of nitrogens with one attached hydrogen (secondary N) is 1. The molecule has 32 heavy (non-hydrogen) atoms. The molecular formula is C24H26F2N4OS. The number of nitrogens with zero attached hydrogens (tertiary/aromatic N) is 3. The predicted molar refractivity (Wildman–Crippen MR) is 126 cm³/mol. The summed E-state index contributed by atoms with van der Waals surface area (Å²) in [4.78, 5) is 16.6. The van der Waals surface area contributed by atoms with Crippen LogP contribution in [0.5, 0.6) is 0 Å². The number of aromatic nitrogens is 1. The summed E-state index contributed by atoms with van der Waals surface area (Å²) in [6.07, 6.45) is 2.16. The molecule has 0 unspecified atom stereocenters. The van der Waals surface area contributed by atoms with Crippen molar-refractivity contribution < 1.29 is 13.6 Å². The zero-order chi connectivity index (χ0) is 22.7. The van der Waals surface area contributed by atoms with E-state index in [4.69, 9.17) is 0 Å². The monoisotopic (exact) mass is 456 g/mol. The Labute approximate surface area is 190 Å². The highest BCUT2D eigenvalue weighted by Gasteiger charge is 2.21. The fraction of sp³-hybridized carbons (Fsp3) is 0.333. The van der Waals surface area contributed by atoms with Gasteiger partial charge in [0.05, 0.1) is 4.70 Å². The smallest absolute Gasteiger partial charge is 0.248 e. The van der Waals surface area contributed by atoms with E-state index in [1.165, 1.54) is 35.8 Å². The topological polar surface area (TPSA) is 48.5 Å². The quantitative estimate of drug-likeness (QED) is 0.539. The van der Waals surface area contributed by atoms with Gasteiger partial charge < -0.3 is 10.2 Å². The van der Waals surface area contributed by atoms with Crippen LogP contribution in [0.2, 0.25) is 0 Å². The van der Waals surface area contributed by atoms with Crippen molar-refractivity contribution in [3.05, 3.63) is 65.2 Å². The van der Waals surface area contributed by atoms with Gasteiger partial charge in [-0.3, -0.25) is 9.69 Å². The summed E-state index contributed by atoms with van der Waals surface area (Å²) in [7, 11) is 0. The number of hydrogen-bond acceptors (Lipinski definition) is 5. The number of halogens is 2. The Morgan fingerprint density at radius 1 is 1.09 bits per heavy atom. The molecule has 0 saturated carbocycles. The van der Waals surface area contributed by atoms with Crippen LogP contribution in [0.15, 0.2) is 48.0 Å². The minimum atomic E-state index is -0.312. The molecular weight excluding hydrogens is 430 g/mol. The number of carbonyl (C=O) groups is 1. The standard InChI is InChI=1S/C24H26F2N4OS/c1-16(2)13-23(31)27-21-5-3-18(25)14-17(21)7-8-29-9-11-30(12-10-29)24-20-15-19(26)4-6-22(20)32-28-24/h3-6,13-15H,7-12H2,1-2H3,(H,27,31). The van der Waals surface area contributed by atoms with E-state index < -0.39 is 0 Å². The molecule has 0 atom stereocenters. The summed E-state index contributed by atoms with van der Waals surface area (Å²) in [6.45, 7) is 7.73. The van der Waals surface area contributed by atoms with E-state index in [-0.39, 0.29) is 17.5 Å². The average Bonchev–Trinajstić information content (AvgIpc) is 3.16. The minimum absolute atomic E-state index is 0.210. The van der Waals surface area contributed by atoms with Gasteiger partial charge in [0.2, 0.25) is 5.91 Å². The van der Waals surface area contributed by atoms with Gasteiger partial charge in [-0.05, 0) is 73.8 Å². The molecule has 2 heterocycles. The van der Waals surface area contributed by atoms with Crippen molar-refractivity contribution >= 4 is 39.0 Å². The lowest BCUT2D eigenvalue weighted by Gasteiger charge is -2.35. The third-order valence-corrected chi connectivity index (χ3v) is 6.34. The summed E-state index contributed by atoms with van der Waals surface area (Å²) in [5.41, 5.74) is 2.33. The van der Waals surface area contributed by atoms with Gasteiger partial charge in [-0.2, -0.15) is 4.37 Å². The third kappa shape index (κ3) is 5.31. The highest BCUT2D eigenvalue weighted by Crippen LogP contribution is 2.30. The van der Waals surface area contributed by atoms with Crippen molar-refractivity contribution in [3.63, 3.8) is 0 Å². The molecule has 1 aliphatic heterocycles. The molecule has 8 heteroatoms. The zero-order valence-electron chi connectivity index (χ0n) is 18.2. The van der Waals surface area contributed by atoms with Crippen molar-refractivity contribution in [1.29, 1.82) is 0 Å². The van der Waals surface area contributed by atoms with Crippen LogP contribution < -0.4 is 10.2 Å². The Morgan fingerprint density at radius 2 is 1.81 bits per heavy atom. The van der Waals surface area contributed by atoms with Gasteiger partial charge in [0, 0.05) is 49.9 Å². The molecule has 168 valence electrons. The van der Waals surface area contributed by atoms with E-state index in [0.717, 1.165) is 59.8 Å². The molecule has 1 fully saturated rings. The number of anilines is 2. The summed E-state index contributed by atoms with van der Waals surface area (Å²) in [6, 6.07) is 9.26. The Balaban J connectivity index is 1.37. The first-order valence-corrected chi connectivity index (χ1v) is 11.4. The Kier molecular flexibility index (Phi) is 6.81. The predicted octanol–water partition coefficient (Wildman–Crippen LogP) is 4.84. The molecule has 0 radical (unpaired) electrons. The van der Waals surface area contributed by atoms with Crippen LogP contribution in [0.1, 0.15) is 19.4 Å². The van der Waals surface area contributed by atoms with Crippen molar-refractivity contribution in [1.82, 2.24) is 9.27 Å². The molecule has 5 nitrogen and oxygen atoms in total. The summed E-state index contributed by atoms with van der Waals surface area (Å²) >= 11 is 1.39. The van der Waals surface area contributed by atoms with Crippen LogP contribution in [0.4, 0.5) is 20.3 Å². The van der Waals surface area contributed by atoms with Crippen LogP contribution >= 0.6 is 11.5 Å². The highest BCUT2D eigenvalue weighted by molar-refractivity contribution is 7.13. The zero-order valence-corrected chi connectivity index (χ0v) is 19.0. The second-order valence-electron chi connectivity index (χ2n) is 8.24. The molecule has 1 aromatic heterocycles. The van der Waals surface area contributed by atoms with E-state index in [1.807, 2.05) is 13.8 Å². The Bertz CT molecular complexity index is 1150. The van der Waals surface area contributed by atoms with E-state index in [2.05, 4.69) is 19.5 Å². The lowest BCUT2D eigenvalue weighted by atomic mass is 10.1. The molecule has 1 amide bonds. The van der Waals surface area contributed by atoms with Gasteiger partial charge in [-0.25, -0.2) is 8.78 Å². The van der Waals surface area contributed by atoms with E-state index in [1.54, 1.807) is 18.2 Å². The van der Waals surface area contributed by atoms with Crippen molar-refractivity contribution in [2.24, 2.45) is 0 Å². The summed E-state index contributed by atoms with van der Waals surface area (Å²) in [5, 5.41) is 3.72. The maximum absolute atomic E-state index is 13.8. The van der Waals surface area contributed by atoms with Crippen LogP contribution in [-0.4, -0.2) is 47.9 Å². The molecule has 4 rings (SSSR count). The molecule has 1 aliphatic rings. The van der Waals surface area contributed by atoms with Crippen LogP contribution in [0, 0.1) is 11.6 Å². The van der Waals surface area contributed by atoms with Gasteiger partial charge in [0.15, 0.2) is 0 Å². The number of benzene rings is 2. The number of hydrogen-bond donors (Lipinski definition) is 1. The molecule has 0 aliphatic carbocycles. The lowest BCUT2D eigenvalue weighted by molar-refractivity contribution is -0.112. The molecule has 1 saturated heterocycles. The fourth-order valence-electron chi connectivity index (χ4n) is 3.91. The van der Waals surface area contributed by atoms with Crippen LogP contribution in [0.3, 0.4) is 0 Å². The lowest BCUT2D eigenvalue weighted by Crippen LogP contribution is -2.47. The van der Waals surface area contributed by atoms with Crippen LogP contribution in [-0.2, 0) is 11.2 Å². The summed E-state index contributed by atoms with van der Waals surface area (Å²) < 4.78 is 33.1. The molecule has 3 aromatic rings. The number of allylic oxidation sites excluding steroid dienone is 1. The normalized spacial score (nSPS) is 14.6. The maximum Gasteiger partial charge on any atom is 0.248 e. The second-order valence-corrected chi connectivity index (χ2v) is 9.04. The van der Waals surface area contributed by atoms with Gasteiger partial charge in [-0.15, -0.1) is 0 Å². The van der Waals surface area contributed by atoms with Gasteiger partial charge in [0.1, 0.15) is 17.5 Å². The minimum Gasteiger partial charge on any atom is -0.353 e. The van der Waals surface area contributed by atoms with Gasteiger partial charge in [0.25, 0.3) is 0 Å². The van der Waals surface area contributed by atoms with Crippen molar-refractivity contribution in [2.75, 3.05) is 42.9 Å². The Hall–Kier alpha value is -2.84. The van der Waals surface area contributed by atoms with Crippen LogP contribution in [0.25, 0.3) is 10.1 Å². The first-order valence-electron chi connectivity index (χ1n) is 10.7. The van der Waals surface area contributed by atoms with Gasteiger partial charge >= 0.3 is 0 Å². The highest BCUT2D eigenvalue weighted by atomic mass is 32.1. The van der Waals surface area contributed by atoms with Crippen molar-refractivity contribution in [3.8, 4) is 0 Å².